The van der Waals surface area contributed by atoms with E-state index >= 15 is 0 Å². The van der Waals surface area contributed by atoms with E-state index in [4.69, 9.17) is 16.3 Å². The summed E-state index contributed by atoms with van der Waals surface area (Å²) >= 11 is 9.49. The Morgan fingerprint density at radius 1 is 0.842 bits per heavy atom. The van der Waals surface area contributed by atoms with Crippen LogP contribution in [0, 0.1) is 0 Å². The minimum Gasteiger partial charge on any atom is -0.456 e. The Hall–Kier alpha value is -1.51. The molecule has 3 aromatic rings. The molecule has 1 nitrogen and oxygen atoms in total. The van der Waals surface area contributed by atoms with Crippen LogP contribution in [-0.2, 0) is 0 Å². The summed E-state index contributed by atoms with van der Waals surface area (Å²) in [7, 11) is 0. The normalized spacial score (nSPS) is 10.6. The molecule has 0 fully saturated rings. The number of hydrogen-bond donors (Lipinski definition) is 0. The summed E-state index contributed by atoms with van der Waals surface area (Å²) in [5, 5.41) is 2.84. The Bertz CT molecular complexity index is 740. The molecule has 0 saturated carbocycles. The second-order valence-corrected chi connectivity index (χ2v) is 5.44. The first-order chi connectivity index (χ1) is 9.24. The highest BCUT2D eigenvalue weighted by Gasteiger charge is 2.06. The van der Waals surface area contributed by atoms with Crippen molar-refractivity contribution in [3.8, 4) is 11.5 Å². The van der Waals surface area contributed by atoms with Crippen LogP contribution in [0.15, 0.2) is 65.1 Å². The lowest BCUT2D eigenvalue weighted by Gasteiger charge is -2.10. The maximum atomic E-state index is 6.01. The van der Waals surface area contributed by atoms with E-state index in [0.29, 0.717) is 0 Å². The molecule has 0 heterocycles. The van der Waals surface area contributed by atoms with Crippen LogP contribution in [0.2, 0.25) is 5.02 Å². The predicted octanol–water partition coefficient (Wildman–Crippen LogP) is 6.05. The van der Waals surface area contributed by atoms with Gasteiger partial charge in [0.2, 0.25) is 0 Å². The van der Waals surface area contributed by atoms with Crippen molar-refractivity contribution in [2.45, 2.75) is 0 Å². The van der Waals surface area contributed by atoms with Gasteiger partial charge in [0.1, 0.15) is 11.5 Å². The molecule has 0 atom stereocenters. The van der Waals surface area contributed by atoms with Crippen LogP contribution in [0.3, 0.4) is 0 Å². The fourth-order valence-electron chi connectivity index (χ4n) is 1.96. The van der Waals surface area contributed by atoms with Gasteiger partial charge in [-0.2, -0.15) is 0 Å². The summed E-state index contributed by atoms with van der Waals surface area (Å²) in [5.41, 5.74) is 0. The molecule has 0 bridgehead atoms. The molecule has 0 saturated heterocycles. The number of ether oxygens (including phenoxy) is 1. The number of benzene rings is 3. The van der Waals surface area contributed by atoms with Crippen molar-refractivity contribution in [2.24, 2.45) is 0 Å². The van der Waals surface area contributed by atoms with Crippen molar-refractivity contribution in [3.63, 3.8) is 0 Å². The molecule has 0 amide bonds. The molecular formula is C16H10BrClO. The van der Waals surface area contributed by atoms with E-state index in [-0.39, 0.29) is 0 Å². The molecule has 19 heavy (non-hydrogen) atoms. The number of fused-ring (bicyclic) bond motifs is 1. The Morgan fingerprint density at radius 3 is 2.47 bits per heavy atom. The number of rotatable bonds is 2. The molecule has 3 aromatic carbocycles. The van der Waals surface area contributed by atoms with Gasteiger partial charge in [-0.25, -0.2) is 0 Å². The van der Waals surface area contributed by atoms with Crippen LogP contribution in [0.5, 0.6) is 11.5 Å². The molecule has 0 radical (unpaired) electrons. The molecule has 94 valence electrons. The third kappa shape index (κ3) is 2.60. The fourth-order valence-corrected chi connectivity index (χ4v) is 2.51. The molecule has 0 aromatic heterocycles. The fraction of sp³-hybridized carbons (Fsp3) is 0. The number of hydrogen-bond acceptors (Lipinski definition) is 1. The summed E-state index contributed by atoms with van der Waals surface area (Å²) < 4.78 is 6.90. The molecule has 0 unspecified atom stereocenters. The molecule has 0 N–H and O–H groups in total. The Labute approximate surface area is 124 Å². The van der Waals surface area contributed by atoms with Crippen LogP contribution in [-0.4, -0.2) is 0 Å². The molecule has 3 heteroatoms. The van der Waals surface area contributed by atoms with Gasteiger partial charge in [-0.15, -0.1) is 0 Å². The summed E-state index contributed by atoms with van der Waals surface area (Å²) in [6.45, 7) is 0. The average Bonchev–Trinajstić information content (AvgIpc) is 2.41. The highest BCUT2D eigenvalue weighted by Crippen LogP contribution is 2.34. The van der Waals surface area contributed by atoms with Gasteiger partial charge in [-0.3, -0.25) is 0 Å². The third-order valence-corrected chi connectivity index (χ3v) is 3.75. The van der Waals surface area contributed by atoms with Crippen LogP contribution in [0.25, 0.3) is 10.8 Å². The number of halogens is 2. The highest BCUT2D eigenvalue weighted by molar-refractivity contribution is 9.10. The van der Waals surface area contributed by atoms with Gasteiger partial charge in [-0.05, 0) is 57.7 Å². The third-order valence-electron chi connectivity index (χ3n) is 2.86. The second-order valence-electron chi connectivity index (χ2n) is 4.15. The van der Waals surface area contributed by atoms with E-state index in [1.807, 2.05) is 60.7 Å². The molecule has 0 aliphatic carbocycles. The standard InChI is InChI=1S/C16H10BrClO/c17-14-5-1-2-6-16(14)19-15-7-3-4-11-10-12(18)8-9-13(11)15/h1-10H. The van der Waals surface area contributed by atoms with Gasteiger partial charge in [0.25, 0.3) is 0 Å². The quantitative estimate of drug-likeness (QED) is 0.555. The van der Waals surface area contributed by atoms with Gasteiger partial charge in [0, 0.05) is 10.4 Å². The first-order valence-corrected chi connectivity index (χ1v) is 7.02. The topological polar surface area (TPSA) is 9.23 Å². The van der Waals surface area contributed by atoms with Crippen molar-refractivity contribution < 1.29 is 4.74 Å². The highest BCUT2D eigenvalue weighted by atomic mass is 79.9. The van der Waals surface area contributed by atoms with Crippen LogP contribution < -0.4 is 4.74 Å². The van der Waals surface area contributed by atoms with E-state index < -0.39 is 0 Å². The monoisotopic (exact) mass is 332 g/mol. The minimum atomic E-state index is 0.727. The molecule has 0 spiro atoms. The molecule has 0 aliphatic rings. The summed E-state index contributed by atoms with van der Waals surface area (Å²) in [4.78, 5) is 0. The maximum absolute atomic E-state index is 6.01. The SMILES string of the molecule is Clc1ccc2c(Oc3ccccc3Br)cccc2c1. The van der Waals surface area contributed by atoms with Gasteiger partial charge < -0.3 is 4.74 Å². The summed E-state index contributed by atoms with van der Waals surface area (Å²) in [6.07, 6.45) is 0. The largest absolute Gasteiger partial charge is 0.456 e. The zero-order chi connectivity index (χ0) is 13.2. The van der Waals surface area contributed by atoms with E-state index in [1.54, 1.807) is 0 Å². The maximum Gasteiger partial charge on any atom is 0.141 e. The van der Waals surface area contributed by atoms with Crippen LogP contribution >= 0.6 is 27.5 Å². The van der Waals surface area contributed by atoms with Gasteiger partial charge in [0.05, 0.1) is 4.47 Å². The van der Waals surface area contributed by atoms with Crippen molar-refractivity contribution >= 4 is 38.3 Å². The lowest BCUT2D eigenvalue weighted by molar-refractivity contribution is 0.485. The summed E-state index contributed by atoms with van der Waals surface area (Å²) in [6, 6.07) is 19.5. The van der Waals surface area contributed by atoms with E-state index in [2.05, 4.69) is 15.9 Å². The van der Waals surface area contributed by atoms with Crippen molar-refractivity contribution in [1.29, 1.82) is 0 Å². The Balaban J connectivity index is 2.09. The molecule has 0 aliphatic heterocycles. The van der Waals surface area contributed by atoms with Crippen molar-refractivity contribution in [3.05, 3.63) is 70.2 Å². The average molecular weight is 334 g/mol. The molecular weight excluding hydrogens is 324 g/mol. The lowest BCUT2D eigenvalue weighted by Crippen LogP contribution is -1.86. The number of para-hydroxylation sites is 1. The Kier molecular flexibility index (Phi) is 3.45. The second kappa shape index (κ2) is 5.24. The van der Waals surface area contributed by atoms with Crippen molar-refractivity contribution in [1.82, 2.24) is 0 Å². The van der Waals surface area contributed by atoms with Crippen LogP contribution in [0.4, 0.5) is 0 Å². The van der Waals surface area contributed by atoms with E-state index in [1.165, 1.54) is 0 Å². The summed E-state index contributed by atoms with van der Waals surface area (Å²) in [5.74, 6) is 1.62. The van der Waals surface area contributed by atoms with Crippen molar-refractivity contribution in [2.75, 3.05) is 0 Å². The van der Waals surface area contributed by atoms with E-state index in [0.717, 1.165) is 31.8 Å². The predicted molar refractivity (Wildman–Crippen MR) is 83.2 cm³/mol. The van der Waals surface area contributed by atoms with E-state index in [9.17, 15) is 0 Å². The first-order valence-electron chi connectivity index (χ1n) is 5.85. The smallest absolute Gasteiger partial charge is 0.141 e. The molecule has 3 rings (SSSR count). The minimum absolute atomic E-state index is 0.727. The van der Waals surface area contributed by atoms with Gasteiger partial charge in [-0.1, -0.05) is 35.9 Å². The lowest BCUT2D eigenvalue weighted by atomic mass is 10.1. The zero-order valence-electron chi connectivity index (χ0n) is 9.94. The van der Waals surface area contributed by atoms with Gasteiger partial charge >= 0.3 is 0 Å². The van der Waals surface area contributed by atoms with Gasteiger partial charge in [0.15, 0.2) is 0 Å². The zero-order valence-corrected chi connectivity index (χ0v) is 12.3. The first kappa shape index (κ1) is 12.5. The van der Waals surface area contributed by atoms with Crippen LogP contribution in [0.1, 0.15) is 0 Å². The Morgan fingerprint density at radius 2 is 1.63 bits per heavy atom.